The van der Waals surface area contributed by atoms with E-state index in [0.29, 0.717) is 33.7 Å². The fourth-order valence-electron chi connectivity index (χ4n) is 2.27. The highest BCUT2D eigenvalue weighted by Gasteiger charge is 2.17. The number of nitro groups is 1. The largest absolute Gasteiger partial charge is 0.484 e. The Morgan fingerprint density at radius 1 is 0.962 bits per heavy atom. The van der Waals surface area contributed by atoms with Crippen LogP contribution >= 0.6 is 24.4 Å². The van der Waals surface area contributed by atoms with Gasteiger partial charge in [-0.25, -0.2) is 0 Å². The van der Waals surface area contributed by atoms with Crippen molar-refractivity contribution in [2.75, 3.05) is 29.6 Å². The molecule has 0 saturated carbocycles. The Bertz CT molecular complexity index is 904. The number of nitrogens with two attached hydrogens (primary N) is 1. The third kappa shape index (κ3) is 4.16. The summed E-state index contributed by atoms with van der Waals surface area (Å²) in [5, 5.41) is 16.4. The van der Waals surface area contributed by atoms with Crippen LogP contribution in [0.4, 0.5) is 22.7 Å². The van der Waals surface area contributed by atoms with Gasteiger partial charge in [-0.1, -0.05) is 24.4 Å². The summed E-state index contributed by atoms with van der Waals surface area (Å²) in [6.45, 7) is 0.704. The normalized spacial score (nSPS) is 14.2. The average Bonchev–Trinajstić information content (AvgIpc) is 2.62. The lowest BCUT2D eigenvalue weighted by Gasteiger charge is -2.19. The highest BCUT2D eigenvalue weighted by Crippen LogP contribution is 2.31. The Labute approximate surface area is 159 Å². The number of hydrogen-bond acceptors (Lipinski definition) is 7. The minimum atomic E-state index is -0.462. The van der Waals surface area contributed by atoms with Crippen molar-refractivity contribution >= 4 is 57.2 Å². The van der Waals surface area contributed by atoms with Gasteiger partial charge in [0, 0.05) is 17.8 Å². The molecule has 0 atom stereocenters. The van der Waals surface area contributed by atoms with Crippen LogP contribution in [0.5, 0.6) is 11.5 Å². The maximum absolute atomic E-state index is 10.5. The molecule has 10 heteroatoms. The molecule has 0 amide bonds. The lowest BCUT2D eigenvalue weighted by Crippen LogP contribution is -2.23. The molecule has 0 bridgehead atoms. The predicted octanol–water partition coefficient (Wildman–Crippen LogP) is 3.13. The molecule has 0 unspecified atom stereocenters. The van der Waals surface area contributed by atoms with Crippen LogP contribution in [0.3, 0.4) is 0 Å². The molecule has 4 rings (SSSR count). The topological polar surface area (TPSA) is 112 Å². The van der Waals surface area contributed by atoms with E-state index in [1.807, 2.05) is 12.1 Å². The van der Waals surface area contributed by atoms with E-state index in [1.54, 1.807) is 12.1 Å². The smallest absolute Gasteiger partial charge is 0.273 e. The van der Waals surface area contributed by atoms with Crippen molar-refractivity contribution in [3.05, 3.63) is 46.5 Å². The lowest BCUT2D eigenvalue weighted by atomic mass is 10.2. The number of hydrogen-bond donors (Lipinski definition) is 3. The number of benzene rings is 2. The van der Waals surface area contributed by atoms with Gasteiger partial charge in [-0.05, 0) is 18.2 Å². The van der Waals surface area contributed by atoms with Crippen LogP contribution in [-0.4, -0.2) is 28.1 Å². The minimum absolute atomic E-state index is 0.0124. The van der Waals surface area contributed by atoms with Crippen molar-refractivity contribution in [2.24, 2.45) is 0 Å². The second kappa shape index (κ2) is 7.50. The molecular weight excluding hydrogens is 376 g/mol. The molecule has 4 N–H and O–H groups in total. The number of fused-ring (bicyclic) bond motifs is 2. The summed E-state index contributed by atoms with van der Waals surface area (Å²) < 4.78 is 10.6. The van der Waals surface area contributed by atoms with Crippen LogP contribution in [0.25, 0.3) is 0 Å². The van der Waals surface area contributed by atoms with E-state index in [4.69, 9.17) is 39.6 Å². The van der Waals surface area contributed by atoms with Gasteiger partial charge in [0.1, 0.15) is 34.7 Å². The number of nitro benzene ring substituents is 1. The molecule has 8 nitrogen and oxygen atoms in total. The first kappa shape index (κ1) is 17.8. The molecular formula is C16H14N4O4S2. The number of ether oxygens (including phenoxy) is 2. The molecule has 134 valence electrons. The number of nitrogens with one attached hydrogen (secondary N) is 2. The molecule has 2 aromatic carbocycles. The van der Waals surface area contributed by atoms with Gasteiger partial charge < -0.3 is 25.8 Å². The van der Waals surface area contributed by atoms with Crippen LogP contribution < -0.4 is 25.8 Å². The number of nitrogens with zero attached hydrogens (tertiary/aromatic N) is 1. The molecule has 0 saturated heterocycles. The zero-order valence-corrected chi connectivity index (χ0v) is 15.0. The zero-order chi connectivity index (χ0) is 18.7. The standard InChI is InChI=1S/C8H6N2O3S.C8H8N2OS/c11-10(12)5-1-2-6-7(3-5)13-4-8(14)9-6;9-5-1-2-6-7(3-5)11-4-8(12)10-6/h1-3H,4H2,(H,9,14);1-3H,4,9H2,(H,10,12). The number of nitrogen functional groups attached to an aromatic ring is 1. The van der Waals surface area contributed by atoms with Crippen LogP contribution in [0.2, 0.25) is 0 Å². The SMILES string of the molecule is Nc1ccc2c(c1)OCC(=S)N2.O=[N+]([O-])c1ccc2c(c1)OCC(=S)N2. The van der Waals surface area contributed by atoms with E-state index in [9.17, 15) is 10.1 Å². The molecule has 0 radical (unpaired) electrons. The van der Waals surface area contributed by atoms with Gasteiger partial charge in [-0.15, -0.1) is 0 Å². The first-order valence-electron chi connectivity index (χ1n) is 7.45. The van der Waals surface area contributed by atoms with Crippen molar-refractivity contribution in [2.45, 2.75) is 0 Å². The molecule has 0 spiro atoms. The third-order valence-corrected chi connectivity index (χ3v) is 3.89. The second-order valence-electron chi connectivity index (χ2n) is 5.37. The van der Waals surface area contributed by atoms with Crippen molar-refractivity contribution in [3.63, 3.8) is 0 Å². The summed E-state index contributed by atoms with van der Waals surface area (Å²) in [6.07, 6.45) is 0. The Morgan fingerprint density at radius 2 is 1.50 bits per heavy atom. The maximum Gasteiger partial charge on any atom is 0.273 e. The molecule has 0 aromatic heterocycles. The number of anilines is 3. The lowest BCUT2D eigenvalue weighted by molar-refractivity contribution is -0.384. The predicted molar refractivity (Wildman–Crippen MR) is 107 cm³/mol. The van der Waals surface area contributed by atoms with Gasteiger partial charge in [-0.3, -0.25) is 10.1 Å². The summed E-state index contributed by atoms with van der Waals surface area (Å²) in [6, 6.07) is 9.82. The number of rotatable bonds is 1. The van der Waals surface area contributed by atoms with Crippen molar-refractivity contribution in [3.8, 4) is 11.5 Å². The fraction of sp³-hybridized carbons (Fsp3) is 0.125. The highest BCUT2D eigenvalue weighted by atomic mass is 32.1. The van der Waals surface area contributed by atoms with Crippen molar-refractivity contribution in [1.82, 2.24) is 0 Å². The van der Waals surface area contributed by atoms with E-state index in [0.717, 1.165) is 11.4 Å². The minimum Gasteiger partial charge on any atom is -0.484 e. The molecule has 2 heterocycles. The Kier molecular flexibility index (Phi) is 5.14. The molecule has 2 aliphatic rings. The van der Waals surface area contributed by atoms with E-state index in [-0.39, 0.29) is 12.3 Å². The molecule has 2 aliphatic heterocycles. The third-order valence-electron chi connectivity index (χ3n) is 3.45. The first-order chi connectivity index (χ1) is 12.4. The maximum atomic E-state index is 10.5. The van der Waals surface area contributed by atoms with Gasteiger partial charge in [0.25, 0.3) is 5.69 Å². The van der Waals surface area contributed by atoms with Gasteiger partial charge in [0.15, 0.2) is 0 Å². The zero-order valence-electron chi connectivity index (χ0n) is 13.4. The van der Waals surface area contributed by atoms with E-state index in [1.165, 1.54) is 12.1 Å². The van der Waals surface area contributed by atoms with Gasteiger partial charge in [0.2, 0.25) is 0 Å². The monoisotopic (exact) mass is 390 g/mol. The number of thiocarbonyl (C=S) groups is 2. The quantitative estimate of drug-likeness (QED) is 0.293. The first-order valence-corrected chi connectivity index (χ1v) is 8.27. The van der Waals surface area contributed by atoms with Crippen molar-refractivity contribution < 1.29 is 14.4 Å². The van der Waals surface area contributed by atoms with Gasteiger partial charge in [0.05, 0.1) is 22.4 Å². The van der Waals surface area contributed by atoms with E-state index < -0.39 is 4.92 Å². The van der Waals surface area contributed by atoms with Gasteiger partial charge in [-0.2, -0.15) is 0 Å². The average molecular weight is 390 g/mol. The Morgan fingerprint density at radius 3 is 2.08 bits per heavy atom. The van der Waals surface area contributed by atoms with Crippen LogP contribution in [-0.2, 0) is 0 Å². The molecule has 2 aromatic rings. The Hall–Kier alpha value is -2.98. The summed E-state index contributed by atoms with van der Waals surface area (Å²) in [5.74, 6) is 1.23. The second-order valence-corrected chi connectivity index (χ2v) is 6.35. The van der Waals surface area contributed by atoms with Crippen LogP contribution in [0, 0.1) is 10.1 Å². The summed E-state index contributed by atoms with van der Waals surface area (Å²) in [7, 11) is 0. The summed E-state index contributed by atoms with van der Waals surface area (Å²) in [4.78, 5) is 11.3. The molecule has 0 aliphatic carbocycles. The van der Waals surface area contributed by atoms with E-state index in [2.05, 4.69) is 10.6 Å². The Balaban J connectivity index is 0.000000152. The summed E-state index contributed by atoms with van der Waals surface area (Å²) in [5.41, 5.74) is 7.85. The highest BCUT2D eigenvalue weighted by molar-refractivity contribution is 7.80. The fourth-order valence-corrected chi connectivity index (χ4v) is 2.61. The van der Waals surface area contributed by atoms with Crippen LogP contribution in [0.15, 0.2) is 36.4 Å². The van der Waals surface area contributed by atoms with Gasteiger partial charge >= 0.3 is 0 Å². The van der Waals surface area contributed by atoms with Crippen LogP contribution in [0.1, 0.15) is 0 Å². The molecule has 0 fully saturated rings. The van der Waals surface area contributed by atoms with E-state index >= 15 is 0 Å². The molecule has 26 heavy (non-hydrogen) atoms. The number of non-ortho nitro benzene ring substituents is 1. The summed E-state index contributed by atoms with van der Waals surface area (Å²) >= 11 is 9.84. The van der Waals surface area contributed by atoms with Crippen molar-refractivity contribution in [1.29, 1.82) is 0 Å².